The monoisotopic (exact) mass is 341 g/mol. The number of nitrogens with one attached hydrogen (secondary N) is 1. The molecule has 0 bridgehead atoms. The Bertz CT molecular complexity index is 773. The minimum atomic E-state index is -3.53. The maximum atomic E-state index is 12.9. The second-order valence-corrected chi connectivity index (χ2v) is 7.47. The smallest absolute Gasteiger partial charge is 0.245 e. The third-order valence-electron chi connectivity index (χ3n) is 4.02. The van der Waals surface area contributed by atoms with Gasteiger partial charge in [0.15, 0.2) is 0 Å². The van der Waals surface area contributed by atoms with Gasteiger partial charge in [0.25, 0.3) is 0 Å². The number of fused-ring (bicyclic) bond motifs is 1. The van der Waals surface area contributed by atoms with E-state index in [2.05, 4.69) is 10.3 Å². The SMILES string of the molecule is Cc1cnc2c(S(=O)(=O)N(C)C3CCNC3)cccc2c1.Cl. The normalized spacial score (nSPS) is 18.6. The van der Waals surface area contributed by atoms with Crippen LogP contribution >= 0.6 is 12.4 Å². The lowest BCUT2D eigenvalue weighted by atomic mass is 10.2. The van der Waals surface area contributed by atoms with Gasteiger partial charge in [0.1, 0.15) is 4.90 Å². The Hall–Kier alpha value is -1.21. The van der Waals surface area contributed by atoms with Crippen molar-refractivity contribution in [3.8, 4) is 0 Å². The van der Waals surface area contributed by atoms with Crippen molar-refractivity contribution in [1.82, 2.24) is 14.6 Å². The van der Waals surface area contributed by atoms with Crippen molar-refractivity contribution >= 4 is 33.3 Å². The highest BCUT2D eigenvalue weighted by Gasteiger charge is 2.31. The summed E-state index contributed by atoms with van der Waals surface area (Å²) in [4.78, 5) is 4.62. The number of likely N-dealkylation sites (N-methyl/N-ethyl adjacent to an activating group) is 1. The summed E-state index contributed by atoms with van der Waals surface area (Å²) in [6.07, 6.45) is 2.55. The van der Waals surface area contributed by atoms with Crippen molar-refractivity contribution in [3.63, 3.8) is 0 Å². The van der Waals surface area contributed by atoms with Gasteiger partial charge in [0, 0.05) is 31.2 Å². The molecular formula is C15H20ClN3O2S. The molecule has 1 aliphatic heterocycles. The first-order valence-electron chi connectivity index (χ1n) is 7.04. The van der Waals surface area contributed by atoms with Gasteiger partial charge < -0.3 is 5.32 Å². The average molecular weight is 342 g/mol. The van der Waals surface area contributed by atoms with Crippen LogP contribution in [0.4, 0.5) is 0 Å². The van der Waals surface area contributed by atoms with Crippen LogP contribution in [0.2, 0.25) is 0 Å². The third kappa shape index (κ3) is 2.96. The standard InChI is InChI=1S/C15H19N3O2S.ClH/c1-11-8-12-4-3-5-14(15(12)17-9-11)21(19,20)18(2)13-6-7-16-10-13;/h3-5,8-9,13,16H,6-7,10H2,1-2H3;1H. The number of halogens is 1. The maximum absolute atomic E-state index is 12.9. The number of benzene rings is 1. The van der Waals surface area contributed by atoms with Crippen molar-refractivity contribution in [2.24, 2.45) is 0 Å². The molecule has 1 aromatic heterocycles. The van der Waals surface area contributed by atoms with E-state index in [1.165, 1.54) is 4.31 Å². The van der Waals surface area contributed by atoms with Gasteiger partial charge in [-0.2, -0.15) is 4.31 Å². The van der Waals surface area contributed by atoms with Gasteiger partial charge in [-0.25, -0.2) is 8.42 Å². The number of aryl methyl sites for hydroxylation is 1. The van der Waals surface area contributed by atoms with E-state index in [-0.39, 0.29) is 23.3 Å². The molecular weight excluding hydrogens is 322 g/mol. The number of nitrogens with zero attached hydrogens (tertiary/aromatic N) is 2. The molecule has 0 spiro atoms. The van der Waals surface area contributed by atoms with E-state index >= 15 is 0 Å². The molecule has 0 saturated carbocycles. The van der Waals surface area contributed by atoms with E-state index in [0.717, 1.165) is 23.9 Å². The van der Waals surface area contributed by atoms with Crippen LogP contribution in [0.5, 0.6) is 0 Å². The molecule has 2 aromatic rings. The molecule has 1 aromatic carbocycles. The van der Waals surface area contributed by atoms with E-state index < -0.39 is 10.0 Å². The van der Waals surface area contributed by atoms with E-state index in [1.54, 1.807) is 25.4 Å². The van der Waals surface area contributed by atoms with E-state index in [1.807, 2.05) is 19.1 Å². The fraction of sp³-hybridized carbons (Fsp3) is 0.400. The van der Waals surface area contributed by atoms with E-state index in [4.69, 9.17) is 0 Å². The van der Waals surface area contributed by atoms with Crippen molar-refractivity contribution in [2.45, 2.75) is 24.3 Å². The van der Waals surface area contributed by atoms with Crippen molar-refractivity contribution in [3.05, 3.63) is 36.0 Å². The van der Waals surface area contributed by atoms with Gasteiger partial charge in [-0.3, -0.25) is 4.98 Å². The molecule has 5 nitrogen and oxygen atoms in total. The van der Waals surface area contributed by atoms with E-state index in [0.29, 0.717) is 12.1 Å². The first-order valence-corrected chi connectivity index (χ1v) is 8.48. The number of hydrogen-bond donors (Lipinski definition) is 1. The quantitative estimate of drug-likeness (QED) is 0.926. The second kappa shape index (κ2) is 6.50. The van der Waals surface area contributed by atoms with Crippen LogP contribution in [0.1, 0.15) is 12.0 Å². The summed E-state index contributed by atoms with van der Waals surface area (Å²) in [7, 11) is -1.88. The van der Waals surface area contributed by atoms with Gasteiger partial charge in [0.05, 0.1) is 5.52 Å². The number of hydrogen-bond acceptors (Lipinski definition) is 4. The van der Waals surface area contributed by atoms with Gasteiger partial charge in [-0.1, -0.05) is 12.1 Å². The summed E-state index contributed by atoms with van der Waals surface area (Å²) in [5, 5.41) is 4.06. The zero-order chi connectivity index (χ0) is 15.0. The molecule has 1 fully saturated rings. The molecule has 22 heavy (non-hydrogen) atoms. The second-order valence-electron chi connectivity index (χ2n) is 5.51. The summed E-state index contributed by atoms with van der Waals surface area (Å²) >= 11 is 0. The van der Waals surface area contributed by atoms with Crippen LogP contribution in [-0.4, -0.2) is 43.9 Å². The van der Waals surface area contributed by atoms with Crippen molar-refractivity contribution < 1.29 is 8.42 Å². The summed E-state index contributed by atoms with van der Waals surface area (Å²) in [6.45, 7) is 3.51. The third-order valence-corrected chi connectivity index (χ3v) is 5.96. The Morgan fingerprint density at radius 1 is 1.36 bits per heavy atom. The van der Waals surface area contributed by atoms with Gasteiger partial charge in [-0.05, 0) is 37.6 Å². The molecule has 3 rings (SSSR count). The van der Waals surface area contributed by atoms with Crippen LogP contribution in [0.15, 0.2) is 35.4 Å². The Labute approximate surface area is 137 Å². The van der Waals surface area contributed by atoms with Crippen LogP contribution in [0.25, 0.3) is 10.9 Å². The number of pyridine rings is 1. The molecule has 2 heterocycles. The predicted octanol–water partition coefficient (Wildman–Crippen LogP) is 1.95. The lowest BCUT2D eigenvalue weighted by molar-refractivity contribution is 0.388. The summed E-state index contributed by atoms with van der Waals surface area (Å²) < 4.78 is 27.2. The van der Waals surface area contributed by atoms with Crippen LogP contribution in [0, 0.1) is 6.92 Å². The van der Waals surface area contributed by atoms with Crippen LogP contribution < -0.4 is 5.32 Å². The molecule has 1 unspecified atom stereocenters. The Morgan fingerprint density at radius 2 is 2.14 bits per heavy atom. The Kier molecular flexibility index (Phi) is 5.07. The molecule has 1 atom stereocenters. The van der Waals surface area contributed by atoms with Gasteiger partial charge in [0.2, 0.25) is 10.0 Å². The Morgan fingerprint density at radius 3 is 2.82 bits per heavy atom. The van der Waals surface area contributed by atoms with E-state index in [9.17, 15) is 8.42 Å². The van der Waals surface area contributed by atoms with Gasteiger partial charge in [-0.15, -0.1) is 12.4 Å². The zero-order valence-electron chi connectivity index (χ0n) is 12.6. The highest BCUT2D eigenvalue weighted by Crippen LogP contribution is 2.26. The van der Waals surface area contributed by atoms with Crippen LogP contribution in [-0.2, 0) is 10.0 Å². The number of para-hydroxylation sites is 1. The number of rotatable bonds is 3. The lowest BCUT2D eigenvalue weighted by Gasteiger charge is -2.23. The molecule has 0 radical (unpaired) electrons. The molecule has 1 aliphatic rings. The lowest BCUT2D eigenvalue weighted by Crippen LogP contribution is -2.38. The fourth-order valence-electron chi connectivity index (χ4n) is 2.75. The molecule has 120 valence electrons. The summed E-state index contributed by atoms with van der Waals surface area (Å²) in [6, 6.07) is 7.27. The predicted molar refractivity (Wildman–Crippen MR) is 90.0 cm³/mol. The maximum Gasteiger partial charge on any atom is 0.245 e. The fourth-order valence-corrected chi connectivity index (χ4v) is 4.30. The van der Waals surface area contributed by atoms with Crippen molar-refractivity contribution in [1.29, 1.82) is 0 Å². The van der Waals surface area contributed by atoms with Crippen molar-refractivity contribution in [2.75, 3.05) is 20.1 Å². The van der Waals surface area contributed by atoms with Crippen LogP contribution in [0.3, 0.4) is 0 Å². The highest BCUT2D eigenvalue weighted by atomic mass is 35.5. The molecule has 7 heteroatoms. The summed E-state index contributed by atoms with van der Waals surface area (Å²) in [5.41, 5.74) is 1.56. The highest BCUT2D eigenvalue weighted by molar-refractivity contribution is 7.89. The number of sulfonamides is 1. The zero-order valence-corrected chi connectivity index (χ0v) is 14.2. The first-order chi connectivity index (χ1) is 10.00. The minimum absolute atomic E-state index is 0. The average Bonchev–Trinajstić information content (AvgIpc) is 2.99. The molecule has 0 aliphatic carbocycles. The Balaban J connectivity index is 0.00000176. The topological polar surface area (TPSA) is 62.3 Å². The molecule has 0 amide bonds. The first kappa shape index (κ1) is 17.1. The largest absolute Gasteiger partial charge is 0.315 e. The molecule has 1 N–H and O–H groups in total. The number of aromatic nitrogens is 1. The summed E-state index contributed by atoms with van der Waals surface area (Å²) in [5.74, 6) is 0. The molecule has 1 saturated heterocycles. The van der Waals surface area contributed by atoms with Gasteiger partial charge >= 0.3 is 0 Å². The minimum Gasteiger partial charge on any atom is -0.315 e.